The Balaban J connectivity index is 1.51. The zero-order valence-electron chi connectivity index (χ0n) is 14.4. The number of aryl methyl sites for hydroxylation is 1. The molecule has 1 fully saturated rings. The molecular formula is C19H21N3O3. The van der Waals surface area contributed by atoms with Gasteiger partial charge in [0.05, 0.1) is 26.4 Å². The highest BCUT2D eigenvalue weighted by Gasteiger charge is 2.23. The van der Waals surface area contributed by atoms with Crippen LogP contribution in [0.1, 0.15) is 23.4 Å². The third-order valence-corrected chi connectivity index (χ3v) is 4.53. The summed E-state index contributed by atoms with van der Waals surface area (Å²) in [7, 11) is 1.69. The summed E-state index contributed by atoms with van der Waals surface area (Å²) in [5.74, 6) is 2.20. The number of ether oxygens (including phenoxy) is 2. The highest BCUT2D eigenvalue weighted by Crippen LogP contribution is 2.28. The molecule has 2 aromatic carbocycles. The van der Waals surface area contributed by atoms with Crippen molar-refractivity contribution in [2.75, 3.05) is 26.8 Å². The number of fused-ring (bicyclic) bond motifs is 1. The average molecular weight is 339 g/mol. The molecule has 1 aliphatic rings. The second kappa shape index (κ2) is 6.82. The van der Waals surface area contributed by atoms with Gasteiger partial charge in [-0.1, -0.05) is 23.4 Å². The predicted molar refractivity (Wildman–Crippen MR) is 93.5 cm³/mol. The van der Waals surface area contributed by atoms with Crippen LogP contribution in [0.4, 0.5) is 0 Å². The molecule has 3 aromatic rings. The van der Waals surface area contributed by atoms with Crippen molar-refractivity contribution in [2.24, 2.45) is 0 Å². The van der Waals surface area contributed by atoms with Crippen LogP contribution >= 0.6 is 0 Å². The van der Waals surface area contributed by atoms with Gasteiger partial charge in [-0.05, 0) is 34.5 Å². The minimum atomic E-state index is 0.0493. The van der Waals surface area contributed by atoms with E-state index in [1.54, 1.807) is 7.11 Å². The Morgan fingerprint density at radius 2 is 2.04 bits per heavy atom. The van der Waals surface area contributed by atoms with Gasteiger partial charge in [-0.15, -0.1) is 0 Å². The van der Waals surface area contributed by atoms with Crippen LogP contribution in [-0.4, -0.2) is 41.8 Å². The Hall–Kier alpha value is -2.44. The second-order valence-corrected chi connectivity index (χ2v) is 6.30. The molecule has 0 aliphatic carbocycles. The van der Waals surface area contributed by atoms with Gasteiger partial charge in [-0.2, -0.15) is 4.98 Å². The zero-order valence-corrected chi connectivity index (χ0v) is 14.4. The summed E-state index contributed by atoms with van der Waals surface area (Å²) in [6.07, 6.45) is 0.0493. The number of benzene rings is 2. The molecule has 0 N–H and O–H groups in total. The third kappa shape index (κ3) is 3.50. The summed E-state index contributed by atoms with van der Waals surface area (Å²) in [6.45, 7) is 4.87. The van der Waals surface area contributed by atoms with Crippen LogP contribution in [0.25, 0.3) is 10.8 Å². The molecule has 130 valence electrons. The lowest BCUT2D eigenvalue weighted by atomic mass is 10.0. The number of rotatable bonds is 4. The summed E-state index contributed by atoms with van der Waals surface area (Å²) in [5, 5.41) is 6.34. The Morgan fingerprint density at radius 1 is 1.20 bits per heavy atom. The Kier molecular flexibility index (Phi) is 4.38. The number of hydrogen-bond donors (Lipinski definition) is 0. The van der Waals surface area contributed by atoms with E-state index < -0.39 is 0 Å². The molecule has 1 saturated heterocycles. The molecule has 0 radical (unpaired) electrons. The molecule has 0 bridgehead atoms. The van der Waals surface area contributed by atoms with Crippen molar-refractivity contribution in [2.45, 2.75) is 19.6 Å². The maximum absolute atomic E-state index is 6.00. The zero-order chi connectivity index (χ0) is 17.2. The van der Waals surface area contributed by atoms with Gasteiger partial charge in [-0.3, -0.25) is 4.90 Å². The number of methoxy groups -OCH3 is 1. The van der Waals surface area contributed by atoms with E-state index in [0.717, 1.165) is 30.0 Å². The minimum Gasteiger partial charge on any atom is -0.497 e. The van der Waals surface area contributed by atoms with E-state index in [0.29, 0.717) is 19.0 Å². The van der Waals surface area contributed by atoms with Gasteiger partial charge in [0, 0.05) is 20.0 Å². The minimum absolute atomic E-state index is 0.0493. The van der Waals surface area contributed by atoms with Crippen LogP contribution in [0.5, 0.6) is 5.75 Å². The first kappa shape index (κ1) is 16.1. The normalized spacial score (nSPS) is 18.6. The molecule has 0 unspecified atom stereocenters. The van der Waals surface area contributed by atoms with E-state index in [1.165, 1.54) is 10.9 Å². The SMILES string of the molecule is COc1ccc2cc([C@H]3CN(Cc4noc(C)n4)CCO3)ccc2c1. The standard InChI is InChI=1S/C19H21N3O3/c1-13-20-19(21-25-13)12-22-7-8-24-18(11-22)16-4-3-15-10-17(23-2)6-5-14(15)9-16/h3-6,9-10,18H,7-8,11-12H2,1-2H3/t18-/m1/s1. The first-order valence-electron chi connectivity index (χ1n) is 8.42. The summed E-state index contributed by atoms with van der Waals surface area (Å²) in [5.41, 5.74) is 1.19. The van der Waals surface area contributed by atoms with Crippen molar-refractivity contribution in [3.05, 3.63) is 53.7 Å². The fraction of sp³-hybridized carbons (Fsp3) is 0.368. The van der Waals surface area contributed by atoms with Gasteiger partial charge in [0.2, 0.25) is 5.89 Å². The average Bonchev–Trinajstić information content (AvgIpc) is 3.05. The van der Waals surface area contributed by atoms with Crippen molar-refractivity contribution in [3.63, 3.8) is 0 Å². The van der Waals surface area contributed by atoms with Gasteiger partial charge < -0.3 is 14.0 Å². The molecule has 25 heavy (non-hydrogen) atoms. The molecule has 0 spiro atoms. The number of morpholine rings is 1. The van der Waals surface area contributed by atoms with Crippen molar-refractivity contribution in [3.8, 4) is 5.75 Å². The molecule has 6 heteroatoms. The molecule has 1 aliphatic heterocycles. The van der Waals surface area contributed by atoms with Gasteiger partial charge >= 0.3 is 0 Å². The molecule has 1 aromatic heterocycles. The van der Waals surface area contributed by atoms with Crippen molar-refractivity contribution in [1.29, 1.82) is 0 Å². The lowest BCUT2D eigenvalue weighted by Gasteiger charge is -2.32. The maximum Gasteiger partial charge on any atom is 0.223 e. The van der Waals surface area contributed by atoms with Crippen LogP contribution in [-0.2, 0) is 11.3 Å². The molecule has 0 saturated carbocycles. The summed E-state index contributed by atoms with van der Waals surface area (Å²) >= 11 is 0. The van der Waals surface area contributed by atoms with E-state index in [9.17, 15) is 0 Å². The largest absolute Gasteiger partial charge is 0.497 e. The third-order valence-electron chi connectivity index (χ3n) is 4.53. The molecule has 4 rings (SSSR count). The fourth-order valence-corrected chi connectivity index (χ4v) is 3.22. The van der Waals surface area contributed by atoms with Gasteiger partial charge in [0.15, 0.2) is 5.82 Å². The Labute approximate surface area is 146 Å². The lowest BCUT2D eigenvalue weighted by molar-refractivity contribution is -0.0337. The van der Waals surface area contributed by atoms with Gasteiger partial charge in [-0.25, -0.2) is 0 Å². The molecule has 1 atom stereocenters. The van der Waals surface area contributed by atoms with Crippen molar-refractivity contribution in [1.82, 2.24) is 15.0 Å². The topological polar surface area (TPSA) is 60.6 Å². The molecule has 2 heterocycles. The number of hydrogen-bond acceptors (Lipinski definition) is 6. The van der Waals surface area contributed by atoms with E-state index in [2.05, 4.69) is 39.3 Å². The molecule has 6 nitrogen and oxygen atoms in total. The monoisotopic (exact) mass is 339 g/mol. The van der Waals surface area contributed by atoms with Crippen LogP contribution in [0.3, 0.4) is 0 Å². The summed E-state index contributed by atoms with van der Waals surface area (Å²) in [6, 6.07) is 12.6. The van der Waals surface area contributed by atoms with E-state index >= 15 is 0 Å². The first-order valence-corrected chi connectivity index (χ1v) is 8.42. The second-order valence-electron chi connectivity index (χ2n) is 6.30. The van der Waals surface area contributed by atoms with Crippen molar-refractivity contribution < 1.29 is 14.0 Å². The summed E-state index contributed by atoms with van der Waals surface area (Å²) in [4.78, 5) is 6.59. The van der Waals surface area contributed by atoms with Crippen LogP contribution < -0.4 is 4.74 Å². The Morgan fingerprint density at radius 3 is 2.84 bits per heavy atom. The van der Waals surface area contributed by atoms with Gasteiger partial charge in [0.1, 0.15) is 5.75 Å². The quantitative estimate of drug-likeness (QED) is 0.728. The Bertz CT molecular complexity index is 877. The molecule has 0 amide bonds. The summed E-state index contributed by atoms with van der Waals surface area (Å²) < 4.78 is 16.3. The first-order chi connectivity index (χ1) is 12.2. The maximum atomic E-state index is 6.00. The number of aromatic nitrogens is 2. The van der Waals surface area contributed by atoms with E-state index in [-0.39, 0.29) is 6.10 Å². The molecular weight excluding hydrogens is 318 g/mol. The van der Waals surface area contributed by atoms with Gasteiger partial charge in [0.25, 0.3) is 0 Å². The fourth-order valence-electron chi connectivity index (χ4n) is 3.22. The highest BCUT2D eigenvalue weighted by molar-refractivity contribution is 5.84. The lowest BCUT2D eigenvalue weighted by Crippen LogP contribution is -2.38. The van der Waals surface area contributed by atoms with Crippen LogP contribution in [0, 0.1) is 6.92 Å². The number of nitrogens with zero attached hydrogens (tertiary/aromatic N) is 3. The van der Waals surface area contributed by atoms with E-state index in [4.69, 9.17) is 14.0 Å². The van der Waals surface area contributed by atoms with Crippen LogP contribution in [0.2, 0.25) is 0 Å². The van der Waals surface area contributed by atoms with E-state index in [1.807, 2.05) is 19.1 Å². The van der Waals surface area contributed by atoms with Crippen molar-refractivity contribution >= 4 is 10.8 Å². The smallest absolute Gasteiger partial charge is 0.223 e. The predicted octanol–water partition coefficient (Wildman–Crippen LogP) is 3.11. The highest BCUT2D eigenvalue weighted by atomic mass is 16.5. The van der Waals surface area contributed by atoms with Crippen LogP contribution in [0.15, 0.2) is 40.9 Å².